The fraction of sp³-hybridized carbons (Fsp3) is 0.381. The monoisotopic (exact) mass is 400 g/mol. The maximum atomic E-state index is 12.8. The number of anilines is 1. The number of primary amides is 1. The Bertz CT molecular complexity index is 861. The van der Waals surface area contributed by atoms with E-state index < -0.39 is 5.91 Å². The van der Waals surface area contributed by atoms with Gasteiger partial charge in [-0.3, -0.25) is 9.59 Å². The second kappa shape index (κ2) is 8.61. The van der Waals surface area contributed by atoms with Gasteiger partial charge in [-0.25, -0.2) is 4.98 Å². The van der Waals surface area contributed by atoms with E-state index in [4.69, 9.17) is 23.1 Å². The molecule has 1 aromatic carbocycles. The molecule has 1 aromatic heterocycles. The largest absolute Gasteiger partial charge is 0.383 e. The number of aromatic nitrogens is 1. The van der Waals surface area contributed by atoms with Crippen LogP contribution in [0.1, 0.15) is 47.3 Å². The SMILES string of the molecule is C[C@@H](Cc1ccc(Cl)cc1)C(=O)N1CCC(c2ccc(C(N)=O)c(N)n2)CC1. The topological polar surface area (TPSA) is 102 Å². The first-order valence-electron chi connectivity index (χ1n) is 9.44. The first-order valence-corrected chi connectivity index (χ1v) is 9.82. The second-order valence-corrected chi connectivity index (χ2v) is 7.80. The number of piperidine rings is 1. The standard InChI is InChI=1S/C21H25ClN4O2/c1-13(12-14-2-4-16(22)5-3-14)21(28)26-10-8-15(9-11-26)18-7-6-17(20(24)27)19(23)25-18/h2-7,13,15H,8-12H2,1H3,(H2,23,25)(H2,24,27)/t13-/m0/s1. The van der Waals surface area contributed by atoms with Crippen LogP contribution < -0.4 is 11.5 Å². The van der Waals surface area contributed by atoms with Gasteiger partial charge in [-0.2, -0.15) is 0 Å². The molecule has 1 atom stereocenters. The van der Waals surface area contributed by atoms with Crippen molar-refractivity contribution in [2.75, 3.05) is 18.8 Å². The molecule has 0 radical (unpaired) electrons. The average Bonchev–Trinajstić information content (AvgIpc) is 2.69. The van der Waals surface area contributed by atoms with Crippen LogP contribution in [0, 0.1) is 5.92 Å². The van der Waals surface area contributed by atoms with E-state index in [1.807, 2.05) is 42.2 Å². The molecule has 4 N–H and O–H groups in total. The summed E-state index contributed by atoms with van der Waals surface area (Å²) in [6.45, 7) is 3.34. The number of carbonyl (C=O) groups excluding carboxylic acids is 2. The van der Waals surface area contributed by atoms with Crippen molar-refractivity contribution in [1.29, 1.82) is 0 Å². The third-order valence-electron chi connectivity index (χ3n) is 5.31. The smallest absolute Gasteiger partial charge is 0.252 e. The van der Waals surface area contributed by atoms with Gasteiger partial charge in [0.1, 0.15) is 5.82 Å². The number of carbonyl (C=O) groups is 2. The second-order valence-electron chi connectivity index (χ2n) is 7.36. The quantitative estimate of drug-likeness (QED) is 0.805. The number of nitrogens with two attached hydrogens (primary N) is 2. The van der Waals surface area contributed by atoms with Crippen LogP contribution >= 0.6 is 11.6 Å². The molecule has 0 aliphatic carbocycles. The van der Waals surface area contributed by atoms with Crippen LogP contribution in [0.5, 0.6) is 0 Å². The highest BCUT2D eigenvalue weighted by atomic mass is 35.5. The lowest BCUT2D eigenvalue weighted by atomic mass is 9.91. The molecule has 1 fully saturated rings. The lowest BCUT2D eigenvalue weighted by Crippen LogP contribution is -2.41. The molecular formula is C21H25ClN4O2. The van der Waals surface area contributed by atoms with Crippen LogP contribution in [-0.2, 0) is 11.2 Å². The number of amides is 2. The van der Waals surface area contributed by atoms with E-state index in [1.54, 1.807) is 6.07 Å². The van der Waals surface area contributed by atoms with Gasteiger partial charge in [-0.15, -0.1) is 0 Å². The summed E-state index contributed by atoms with van der Waals surface area (Å²) in [4.78, 5) is 30.4. The molecule has 1 aliphatic rings. The van der Waals surface area contributed by atoms with E-state index in [2.05, 4.69) is 4.98 Å². The molecule has 1 aliphatic heterocycles. The summed E-state index contributed by atoms with van der Waals surface area (Å²) >= 11 is 5.92. The summed E-state index contributed by atoms with van der Waals surface area (Å²) in [5, 5.41) is 0.697. The van der Waals surface area contributed by atoms with E-state index in [0.717, 1.165) is 24.1 Å². The van der Waals surface area contributed by atoms with Gasteiger partial charge < -0.3 is 16.4 Å². The van der Waals surface area contributed by atoms with Crippen molar-refractivity contribution in [3.05, 3.63) is 58.2 Å². The summed E-state index contributed by atoms with van der Waals surface area (Å²) in [7, 11) is 0. The van der Waals surface area contributed by atoms with Crippen LogP contribution in [0.3, 0.4) is 0 Å². The molecule has 148 valence electrons. The normalized spacial score (nSPS) is 16.0. The number of hydrogen-bond acceptors (Lipinski definition) is 4. The lowest BCUT2D eigenvalue weighted by molar-refractivity contribution is -0.136. The summed E-state index contributed by atoms with van der Waals surface area (Å²) in [6.07, 6.45) is 2.34. The zero-order valence-electron chi connectivity index (χ0n) is 15.9. The first kappa shape index (κ1) is 20.1. The third-order valence-corrected chi connectivity index (χ3v) is 5.57. The molecule has 2 aromatic rings. The average molecular weight is 401 g/mol. The van der Waals surface area contributed by atoms with Crippen molar-refractivity contribution in [3.8, 4) is 0 Å². The fourth-order valence-corrected chi connectivity index (χ4v) is 3.82. The van der Waals surface area contributed by atoms with E-state index >= 15 is 0 Å². The predicted molar refractivity (Wildman–Crippen MR) is 110 cm³/mol. The highest BCUT2D eigenvalue weighted by molar-refractivity contribution is 6.30. The fourth-order valence-electron chi connectivity index (χ4n) is 3.70. The molecule has 6 nitrogen and oxygen atoms in total. The van der Waals surface area contributed by atoms with E-state index in [0.29, 0.717) is 24.5 Å². The number of halogens is 1. The Hall–Kier alpha value is -2.60. The van der Waals surface area contributed by atoms with Gasteiger partial charge >= 0.3 is 0 Å². The number of benzene rings is 1. The number of hydrogen-bond donors (Lipinski definition) is 2. The Morgan fingerprint density at radius 1 is 1.18 bits per heavy atom. The van der Waals surface area contributed by atoms with Crippen molar-refractivity contribution < 1.29 is 9.59 Å². The molecule has 3 rings (SSSR count). The molecule has 0 bridgehead atoms. The molecule has 1 saturated heterocycles. The summed E-state index contributed by atoms with van der Waals surface area (Å²) in [5.74, 6) is -0.0992. The molecule has 28 heavy (non-hydrogen) atoms. The van der Waals surface area contributed by atoms with Crippen LogP contribution in [0.2, 0.25) is 5.02 Å². The van der Waals surface area contributed by atoms with Crippen LogP contribution in [0.4, 0.5) is 5.82 Å². The Labute approximate surface area is 169 Å². The minimum atomic E-state index is -0.577. The number of nitrogen functional groups attached to an aromatic ring is 1. The van der Waals surface area contributed by atoms with Gasteiger partial charge in [0.25, 0.3) is 5.91 Å². The lowest BCUT2D eigenvalue weighted by Gasteiger charge is -2.33. The van der Waals surface area contributed by atoms with Crippen LogP contribution in [0.25, 0.3) is 0 Å². The highest BCUT2D eigenvalue weighted by Crippen LogP contribution is 2.29. The van der Waals surface area contributed by atoms with E-state index in [-0.39, 0.29) is 29.1 Å². The van der Waals surface area contributed by atoms with Crippen molar-refractivity contribution in [2.45, 2.75) is 32.1 Å². The maximum absolute atomic E-state index is 12.8. The molecule has 0 saturated carbocycles. The van der Waals surface area contributed by atoms with Crippen LogP contribution in [0.15, 0.2) is 36.4 Å². The Morgan fingerprint density at radius 2 is 1.82 bits per heavy atom. The van der Waals surface area contributed by atoms with E-state index in [9.17, 15) is 9.59 Å². The highest BCUT2D eigenvalue weighted by Gasteiger charge is 2.27. The molecular weight excluding hydrogens is 376 g/mol. The number of rotatable bonds is 5. The Kier molecular flexibility index (Phi) is 6.19. The van der Waals surface area contributed by atoms with E-state index in [1.165, 1.54) is 0 Å². The Morgan fingerprint density at radius 3 is 2.39 bits per heavy atom. The van der Waals surface area contributed by atoms with Gasteiger partial charge in [-0.05, 0) is 49.1 Å². The van der Waals surface area contributed by atoms with Crippen molar-refractivity contribution in [2.24, 2.45) is 11.7 Å². The van der Waals surface area contributed by atoms with Crippen molar-refractivity contribution in [3.63, 3.8) is 0 Å². The van der Waals surface area contributed by atoms with Gasteiger partial charge in [0.15, 0.2) is 0 Å². The van der Waals surface area contributed by atoms with Gasteiger partial charge in [0.05, 0.1) is 5.56 Å². The third kappa shape index (κ3) is 4.62. The minimum absolute atomic E-state index is 0.0821. The van der Waals surface area contributed by atoms with Gasteiger partial charge in [0, 0.05) is 35.6 Å². The summed E-state index contributed by atoms with van der Waals surface area (Å²) in [6, 6.07) is 11.1. The first-order chi connectivity index (χ1) is 13.3. The summed E-state index contributed by atoms with van der Waals surface area (Å²) in [5.41, 5.74) is 13.3. The Balaban J connectivity index is 1.57. The van der Waals surface area contributed by atoms with Crippen molar-refractivity contribution in [1.82, 2.24) is 9.88 Å². The minimum Gasteiger partial charge on any atom is -0.383 e. The molecule has 0 unspecified atom stereocenters. The zero-order valence-corrected chi connectivity index (χ0v) is 16.7. The molecule has 2 heterocycles. The number of pyridine rings is 1. The predicted octanol–water partition coefficient (Wildman–Crippen LogP) is 3.00. The number of likely N-dealkylation sites (tertiary alicyclic amines) is 1. The number of nitrogens with zero attached hydrogens (tertiary/aromatic N) is 2. The van der Waals surface area contributed by atoms with Crippen molar-refractivity contribution >= 4 is 29.2 Å². The van der Waals surface area contributed by atoms with Gasteiger partial charge in [-0.1, -0.05) is 30.7 Å². The summed E-state index contributed by atoms with van der Waals surface area (Å²) < 4.78 is 0. The zero-order chi connectivity index (χ0) is 20.3. The molecule has 7 heteroatoms. The van der Waals surface area contributed by atoms with Crippen LogP contribution in [-0.4, -0.2) is 34.8 Å². The molecule has 2 amide bonds. The maximum Gasteiger partial charge on any atom is 0.252 e. The molecule has 0 spiro atoms. The van der Waals surface area contributed by atoms with Gasteiger partial charge in [0.2, 0.25) is 5.91 Å².